The van der Waals surface area contributed by atoms with E-state index in [1.165, 1.54) is 12.8 Å². The Balaban J connectivity index is 1.98. The van der Waals surface area contributed by atoms with Crippen LogP contribution in [-0.2, 0) is 11.2 Å². The first kappa shape index (κ1) is 14.0. The molecule has 1 aliphatic rings. The van der Waals surface area contributed by atoms with E-state index in [0.717, 1.165) is 31.6 Å². The first-order valence-electron chi connectivity index (χ1n) is 7.20. The van der Waals surface area contributed by atoms with Crippen LogP contribution < -0.4 is 5.73 Å². The van der Waals surface area contributed by atoms with Crippen molar-refractivity contribution >= 4 is 5.91 Å². The molecule has 1 amide bonds. The quantitative estimate of drug-likeness (QED) is 0.895. The molecule has 1 aromatic heterocycles. The maximum atomic E-state index is 12.5. The van der Waals surface area contributed by atoms with Crippen LogP contribution in [0.2, 0.25) is 0 Å². The van der Waals surface area contributed by atoms with E-state index in [0.29, 0.717) is 13.0 Å². The first-order chi connectivity index (χ1) is 9.31. The number of likely N-dealkylation sites (tertiary alicyclic amines) is 1. The van der Waals surface area contributed by atoms with Crippen molar-refractivity contribution in [2.24, 2.45) is 11.7 Å². The van der Waals surface area contributed by atoms with Gasteiger partial charge in [-0.15, -0.1) is 0 Å². The number of aromatic nitrogens is 1. The largest absolute Gasteiger partial charge is 0.342 e. The van der Waals surface area contributed by atoms with Crippen molar-refractivity contribution in [3.63, 3.8) is 0 Å². The highest BCUT2D eigenvalue weighted by atomic mass is 16.2. The molecule has 2 rings (SSSR count). The molecule has 1 aromatic rings. The van der Waals surface area contributed by atoms with Crippen LogP contribution in [0.25, 0.3) is 0 Å². The lowest BCUT2D eigenvalue weighted by atomic mass is 10.0. The zero-order chi connectivity index (χ0) is 13.5. The van der Waals surface area contributed by atoms with Crippen molar-refractivity contribution in [2.45, 2.75) is 32.1 Å². The second-order valence-corrected chi connectivity index (χ2v) is 5.20. The van der Waals surface area contributed by atoms with Crippen molar-refractivity contribution in [3.05, 3.63) is 30.1 Å². The number of amides is 1. The third-order valence-electron chi connectivity index (χ3n) is 3.73. The molecule has 1 saturated heterocycles. The molecule has 1 aliphatic heterocycles. The Hall–Kier alpha value is -1.42. The van der Waals surface area contributed by atoms with E-state index in [2.05, 4.69) is 4.98 Å². The number of rotatable bonds is 4. The third-order valence-corrected chi connectivity index (χ3v) is 3.73. The molecule has 0 spiro atoms. The summed E-state index contributed by atoms with van der Waals surface area (Å²) in [4.78, 5) is 18.8. The smallest absolute Gasteiger partial charge is 0.227 e. The topological polar surface area (TPSA) is 59.2 Å². The second-order valence-electron chi connectivity index (χ2n) is 5.20. The van der Waals surface area contributed by atoms with E-state index in [-0.39, 0.29) is 11.8 Å². The van der Waals surface area contributed by atoms with E-state index in [9.17, 15) is 4.79 Å². The van der Waals surface area contributed by atoms with E-state index >= 15 is 0 Å². The molecular formula is C15H23N3O. The number of hydrogen-bond donors (Lipinski definition) is 1. The van der Waals surface area contributed by atoms with E-state index in [4.69, 9.17) is 5.73 Å². The van der Waals surface area contributed by atoms with Gasteiger partial charge in [0.25, 0.3) is 0 Å². The molecule has 2 heterocycles. The van der Waals surface area contributed by atoms with Crippen molar-refractivity contribution in [3.8, 4) is 0 Å². The van der Waals surface area contributed by atoms with Gasteiger partial charge in [-0.25, -0.2) is 0 Å². The SMILES string of the molecule is NCC(Cc1ccccn1)C(=O)N1CCCCCC1. The summed E-state index contributed by atoms with van der Waals surface area (Å²) < 4.78 is 0. The molecule has 0 aromatic carbocycles. The number of nitrogens with two attached hydrogens (primary N) is 1. The number of hydrogen-bond acceptors (Lipinski definition) is 3. The average Bonchev–Trinajstić information content (AvgIpc) is 2.74. The lowest BCUT2D eigenvalue weighted by Gasteiger charge is -2.25. The van der Waals surface area contributed by atoms with Crippen LogP contribution in [0.15, 0.2) is 24.4 Å². The fourth-order valence-corrected chi connectivity index (χ4v) is 2.59. The molecule has 4 nitrogen and oxygen atoms in total. The lowest BCUT2D eigenvalue weighted by Crippen LogP contribution is -2.40. The van der Waals surface area contributed by atoms with Crippen LogP contribution in [0.1, 0.15) is 31.4 Å². The van der Waals surface area contributed by atoms with Crippen LogP contribution in [0, 0.1) is 5.92 Å². The summed E-state index contributed by atoms with van der Waals surface area (Å²) in [6.07, 6.45) is 7.11. The van der Waals surface area contributed by atoms with Crippen LogP contribution in [0.4, 0.5) is 0 Å². The van der Waals surface area contributed by atoms with Crippen molar-refractivity contribution in [1.29, 1.82) is 0 Å². The minimum atomic E-state index is -0.131. The average molecular weight is 261 g/mol. The minimum Gasteiger partial charge on any atom is -0.342 e. The van der Waals surface area contributed by atoms with Crippen molar-refractivity contribution in [2.75, 3.05) is 19.6 Å². The third kappa shape index (κ3) is 4.03. The summed E-state index contributed by atoms with van der Waals surface area (Å²) in [5, 5.41) is 0. The van der Waals surface area contributed by atoms with Crippen LogP contribution >= 0.6 is 0 Å². The molecule has 19 heavy (non-hydrogen) atoms. The molecular weight excluding hydrogens is 238 g/mol. The van der Waals surface area contributed by atoms with Gasteiger partial charge < -0.3 is 10.6 Å². The van der Waals surface area contributed by atoms with E-state index < -0.39 is 0 Å². The molecule has 0 bridgehead atoms. The summed E-state index contributed by atoms with van der Waals surface area (Å²) in [6, 6.07) is 5.79. The Morgan fingerprint density at radius 3 is 2.58 bits per heavy atom. The maximum Gasteiger partial charge on any atom is 0.227 e. The summed E-state index contributed by atoms with van der Waals surface area (Å²) in [6.45, 7) is 2.17. The Bertz CT molecular complexity index is 386. The van der Waals surface area contributed by atoms with Gasteiger partial charge >= 0.3 is 0 Å². The second kappa shape index (κ2) is 7.24. The maximum absolute atomic E-state index is 12.5. The fraction of sp³-hybridized carbons (Fsp3) is 0.600. The zero-order valence-electron chi connectivity index (χ0n) is 11.4. The van der Waals surface area contributed by atoms with Gasteiger partial charge in [-0.3, -0.25) is 9.78 Å². The van der Waals surface area contributed by atoms with Crippen molar-refractivity contribution < 1.29 is 4.79 Å². The zero-order valence-corrected chi connectivity index (χ0v) is 11.4. The normalized spacial score (nSPS) is 17.8. The number of pyridine rings is 1. The molecule has 104 valence electrons. The van der Waals surface area contributed by atoms with Gasteiger partial charge in [0.2, 0.25) is 5.91 Å². The number of nitrogens with zero attached hydrogens (tertiary/aromatic N) is 2. The van der Waals surface area contributed by atoms with E-state index in [1.807, 2.05) is 23.1 Å². The van der Waals surface area contributed by atoms with E-state index in [1.54, 1.807) is 6.20 Å². The molecule has 1 fully saturated rings. The molecule has 0 radical (unpaired) electrons. The predicted molar refractivity (Wildman–Crippen MR) is 75.5 cm³/mol. The first-order valence-corrected chi connectivity index (χ1v) is 7.20. The van der Waals surface area contributed by atoms with Gasteiger partial charge in [0, 0.05) is 37.9 Å². The molecule has 0 aliphatic carbocycles. The van der Waals surface area contributed by atoms with Crippen LogP contribution in [0.5, 0.6) is 0 Å². The molecule has 2 N–H and O–H groups in total. The van der Waals surface area contributed by atoms with Gasteiger partial charge in [-0.05, 0) is 25.0 Å². The standard InChI is InChI=1S/C15H23N3O/c16-12-13(11-14-7-3-4-8-17-14)15(19)18-9-5-1-2-6-10-18/h3-4,7-8,13H,1-2,5-6,9-12,16H2. The Kier molecular flexibility index (Phi) is 5.33. The monoisotopic (exact) mass is 261 g/mol. The van der Waals surface area contributed by atoms with Crippen molar-refractivity contribution in [1.82, 2.24) is 9.88 Å². The van der Waals surface area contributed by atoms with Gasteiger partial charge in [-0.1, -0.05) is 18.9 Å². The Morgan fingerprint density at radius 2 is 2.00 bits per heavy atom. The van der Waals surface area contributed by atoms with Gasteiger partial charge in [-0.2, -0.15) is 0 Å². The summed E-state index contributed by atoms with van der Waals surface area (Å²) in [7, 11) is 0. The Morgan fingerprint density at radius 1 is 1.26 bits per heavy atom. The van der Waals surface area contributed by atoms with Gasteiger partial charge in [0.1, 0.15) is 0 Å². The Labute approximate surface area is 115 Å². The lowest BCUT2D eigenvalue weighted by molar-refractivity contribution is -0.135. The van der Waals surface area contributed by atoms with Crippen LogP contribution in [-0.4, -0.2) is 35.4 Å². The molecule has 1 unspecified atom stereocenters. The highest BCUT2D eigenvalue weighted by Gasteiger charge is 2.24. The summed E-state index contributed by atoms with van der Waals surface area (Å²) in [5.74, 6) is 0.0723. The number of carbonyl (C=O) groups is 1. The van der Waals surface area contributed by atoms with Gasteiger partial charge in [0.05, 0.1) is 5.92 Å². The summed E-state index contributed by atoms with van der Waals surface area (Å²) >= 11 is 0. The van der Waals surface area contributed by atoms with Crippen LogP contribution in [0.3, 0.4) is 0 Å². The number of carbonyl (C=O) groups excluding carboxylic acids is 1. The highest BCUT2D eigenvalue weighted by molar-refractivity contribution is 5.79. The van der Waals surface area contributed by atoms with Gasteiger partial charge in [0.15, 0.2) is 0 Å². The molecule has 0 saturated carbocycles. The minimum absolute atomic E-state index is 0.131. The highest BCUT2D eigenvalue weighted by Crippen LogP contribution is 2.14. The molecule has 1 atom stereocenters. The summed E-state index contributed by atoms with van der Waals surface area (Å²) in [5.41, 5.74) is 6.74. The molecule has 4 heteroatoms. The predicted octanol–water partition coefficient (Wildman–Crippen LogP) is 1.60. The fourth-order valence-electron chi connectivity index (χ4n) is 2.59.